The van der Waals surface area contributed by atoms with Crippen LogP contribution in [0.25, 0.3) is 0 Å². The van der Waals surface area contributed by atoms with Gasteiger partial charge in [-0.1, -0.05) is 6.07 Å². The van der Waals surface area contributed by atoms with Crippen LogP contribution in [-0.2, 0) is 21.0 Å². The van der Waals surface area contributed by atoms with Crippen molar-refractivity contribution in [2.75, 3.05) is 30.4 Å². The van der Waals surface area contributed by atoms with Gasteiger partial charge in [0.25, 0.3) is 15.9 Å². The van der Waals surface area contributed by atoms with Crippen molar-refractivity contribution in [3.8, 4) is 11.5 Å². The summed E-state index contributed by atoms with van der Waals surface area (Å²) in [5.41, 5.74) is -0.556. The number of alkyl halides is 3. The zero-order valence-corrected chi connectivity index (χ0v) is 19.0. The minimum absolute atomic E-state index is 0.182. The number of rotatable bonds is 8. The SMILES string of the molecule is COc1ccc(N(C)C(=O)COc2ccc(S(=O)(=O)Nc3cccc(C(F)(F)F)c3)cc2)cc1. The molecule has 0 aromatic heterocycles. The molecule has 0 saturated heterocycles. The van der Waals surface area contributed by atoms with E-state index in [4.69, 9.17) is 9.47 Å². The lowest BCUT2D eigenvalue weighted by Crippen LogP contribution is -2.31. The maximum Gasteiger partial charge on any atom is 0.416 e. The van der Waals surface area contributed by atoms with Gasteiger partial charge in [0.2, 0.25) is 0 Å². The predicted molar refractivity (Wildman–Crippen MR) is 121 cm³/mol. The lowest BCUT2D eigenvalue weighted by molar-refractivity contribution is -0.137. The molecule has 0 unspecified atom stereocenters. The van der Waals surface area contributed by atoms with Crippen molar-refractivity contribution in [2.24, 2.45) is 0 Å². The highest BCUT2D eigenvalue weighted by Crippen LogP contribution is 2.31. The third kappa shape index (κ3) is 6.19. The van der Waals surface area contributed by atoms with E-state index in [0.29, 0.717) is 17.5 Å². The summed E-state index contributed by atoms with van der Waals surface area (Å²) in [7, 11) is -1.01. The van der Waals surface area contributed by atoms with Gasteiger partial charge in [-0.3, -0.25) is 9.52 Å². The average Bonchev–Trinajstić information content (AvgIpc) is 2.81. The summed E-state index contributed by atoms with van der Waals surface area (Å²) in [5.74, 6) is 0.556. The molecule has 3 aromatic carbocycles. The molecule has 1 amide bonds. The van der Waals surface area contributed by atoms with Crippen LogP contribution in [0.3, 0.4) is 0 Å². The van der Waals surface area contributed by atoms with E-state index < -0.39 is 21.8 Å². The number of carbonyl (C=O) groups excluding carboxylic acids is 1. The van der Waals surface area contributed by atoms with Crippen LogP contribution >= 0.6 is 0 Å². The summed E-state index contributed by atoms with van der Waals surface area (Å²) in [4.78, 5) is 13.6. The molecule has 1 N–H and O–H groups in total. The first kappa shape index (κ1) is 24.9. The van der Waals surface area contributed by atoms with E-state index >= 15 is 0 Å². The van der Waals surface area contributed by atoms with E-state index in [0.717, 1.165) is 12.1 Å². The Morgan fingerprint density at radius 2 is 1.59 bits per heavy atom. The van der Waals surface area contributed by atoms with Crippen LogP contribution in [0, 0.1) is 0 Å². The van der Waals surface area contributed by atoms with Crippen LogP contribution in [0.15, 0.2) is 77.7 Å². The number of hydrogen-bond donors (Lipinski definition) is 1. The minimum atomic E-state index is -4.60. The second-order valence-electron chi connectivity index (χ2n) is 7.09. The zero-order chi connectivity index (χ0) is 24.9. The topological polar surface area (TPSA) is 84.9 Å². The molecular weight excluding hydrogens is 473 g/mol. The molecule has 0 aliphatic carbocycles. The van der Waals surface area contributed by atoms with E-state index in [1.807, 2.05) is 0 Å². The highest BCUT2D eigenvalue weighted by atomic mass is 32.2. The van der Waals surface area contributed by atoms with E-state index in [1.54, 1.807) is 31.3 Å². The van der Waals surface area contributed by atoms with Crippen molar-refractivity contribution in [1.82, 2.24) is 0 Å². The fourth-order valence-corrected chi connectivity index (χ4v) is 3.93. The molecule has 0 spiro atoms. The fourth-order valence-electron chi connectivity index (χ4n) is 2.88. The van der Waals surface area contributed by atoms with Gasteiger partial charge < -0.3 is 14.4 Å². The Kier molecular flexibility index (Phi) is 7.35. The lowest BCUT2D eigenvalue weighted by Gasteiger charge is -2.18. The van der Waals surface area contributed by atoms with Crippen molar-refractivity contribution >= 4 is 27.3 Å². The first-order valence-electron chi connectivity index (χ1n) is 9.83. The summed E-state index contributed by atoms with van der Waals surface area (Å²) in [6.45, 7) is -0.295. The first-order chi connectivity index (χ1) is 16.0. The number of amides is 1. The molecule has 180 valence electrons. The van der Waals surface area contributed by atoms with Gasteiger partial charge in [-0.15, -0.1) is 0 Å². The average molecular weight is 494 g/mol. The minimum Gasteiger partial charge on any atom is -0.497 e. The molecule has 3 rings (SSSR count). The molecule has 3 aromatic rings. The maximum atomic E-state index is 12.9. The number of benzene rings is 3. The van der Waals surface area contributed by atoms with Crippen LogP contribution in [-0.4, -0.2) is 35.1 Å². The number of ether oxygens (including phenoxy) is 2. The highest BCUT2D eigenvalue weighted by molar-refractivity contribution is 7.92. The Labute approximate surface area is 194 Å². The monoisotopic (exact) mass is 494 g/mol. The van der Waals surface area contributed by atoms with E-state index in [1.165, 1.54) is 42.3 Å². The van der Waals surface area contributed by atoms with Crippen LogP contribution in [0.5, 0.6) is 11.5 Å². The van der Waals surface area contributed by atoms with Gasteiger partial charge in [0.15, 0.2) is 6.61 Å². The molecule has 11 heteroatoms. The molecule has 0 radical (unpaired) electrons. The highest BCUT2D eigenvalue weighted by Gasteiger charge is 2.30. The second-order valence-corrected chi connectivity index (χ2v) is 8.78. The Bertz CT molecular complexity index is 1240. The number of nitrogens with one attached hydrogen (secondary N) is 1. The standard InChI is InChI=1S/C23H21F3N2O5S/c1-28(18-6-8-19(32-2)9-7-18)22(29)15-33-20-10-12-21(13-11-20)34(30,31)27-17-5-3-4-16(14-17)23(24,25)26/h3-14,27H,15H2,1-2H3. The smallest absolute Gasteiger partial charge is 0.416 e. The third-order valence-electron chi connectivity index (χ3n) is 4.77. The number of anilines is 2. The summed E-state index contributed by atoms with van der Waals surface area (Å²) < 4.78 is 76.3. The first-order valence-corrected chi connectivity index (χ1v) is 11.3. The van der Waals surface area contributed by atoms with Gasteiger partial charge in [0.1, 0.15) is 11.5 Å². The second kappa shape index (κ2) is 10.0. The van der Waals surface area contributed by atoms with Gasteiger partial charge in [-0.25, -0.2) is 8.42 Å². The molecular formula is C23H21F3N2O5S. The van der Waals surface area contributed by atoms with Crippen LogP contribution < -0.4 is 19.1 Å². The molecule has 0 saturated carbocycles. The third-order valence-corrected chi connectivity index (χ3v) is 6.17. The van der Waals surface area contributed by atoms with Crippen molar-refractivity contribution < 1.29 is 35.9 Å². The predicted octanol–water partition coefficient (Wildman–Crippen LogP) is 4.56. The fraction of sp³-hybridized carbons (Fsp3) is 0.174. The Hall–Kier alpha value is -3.73. The van der Waals surface area contributed by atoms with E-state index in [2.05, 4.69) is 4.72 Å². The molecule has 0 aliphatic rings. The van der Waals surface area contributed by atoms with Crippen molar-refractivity contribution in [3.63, 3.8) is 0 Å². The van der Waals surface area contributed by atoms with Gasteiger partial charge in [0.05, 0.1) is 17.6 Å². The molecule has 0 atom stereocenters. The normalized spacial score (nSPS) is 11.6. The number of carbonyl (C=O) groups is 1. The van der Waals surface area contributed by atoms with Crippen LogP contribution in [0.1, 0.15) is 5.56 Å². The molecule has 0 heterocycles. The van der Waals surface area contributed by atoms with Crippen molar-refractivity contribution in [3.05, 3.63) is 78.4 Å². The number of likely N-dealkylation sites (N-methyl/N-ethyl adjacent to an activating group) is 1. The van der Waals surface area contributed by atoms with Gasteiger partial charge in [0, 0.05) is 18.4 Å². The van der Waals surface area contributed by atoms with Crippen molar-refractivity contribution in [1.29, 1.82) is 0 Å². The molecule has 0 bridgehead atoms. The van der Waals surface area contributed by atoms with Gasteiger partial charge in [-0.05, 0) is 66.7 Å². The van der Waals surface area contributed by atoms with Crippen molar-refractivity contribution in [2.45, 2.75) is 11.1 Å². The number of sulfonamides is 1. The molecule has 7 nitrogen and oxygen atoms in total. The van der Waals surface area contributed by atoms with Crippen LogP contribution in [0.2, 0.25) is 0 Å². The molecule has 0 aliphatic heterocycles. The van der Waals surface area contributed by atoms with Gasteiger partial charge in [-0.2, -0.15) is 13.2 Å². The summed E-state index contributed by atoms with van der Waals surface area (Å²) >= 11 is 0. The zero-order valence-electron chi connectivity index (χ0n) is 18.2. The Balaban J connectivity index is 1.62. The summed E-state index contributed by atoms with van der Waals surface area (Å²) in [6, 6.07) is 15.9. The number of halogens is 3. The Morgan fingerprint density at radius 3 is 2.18 bits per heavy atom. The molecule has 0 fully saturated rings. The summed E-state index contributed by atoms with van der Waals surface area (Å²) in [5, 5.41) is 0. The summed E-state index contributed by atoms with van der Waals surface area (Å²) in [6.07, 6.45) is -4.60. The number of methoxy groups -OCH3 is 1. The lowest BCUT2D eigenvalue weighted by atomic mass is 10.2. The number of nitrogens with zero attached hydrogens (tertiary/aromatic N) is 1. The van der Waals surface area contributed by atoms with Crippen LogP contribution in [0.4, 0.5) is 24.5 Å². The molecule has 34 heavy (non-hydrogen) atoms. The van der Waals surface area contributed by atoms with E-state index in [9.17, 15) is 26.4 Å². The quantitative estimate of drug-likeness (QED) is 0.497. The Morgan fingerprint density at radius 1 is 0.971 bits per heavy atom. The van der Waals surface area contributed by atoms with Gasteiger partial charge >= 0.3 is 6.18 Å². The maximum absolute atomic E-state index is 12.9. The number of hydrogen-bond acceptors (Lipinski definition) is 5. The van der Waals surface area contributed by atoms with E-state index in [-0.39, 0.29) is 28.8 Å². The largest absolute Gasteiger partial charge is 0.497 e.